The zero-order chi connectivity index (χ0) is 10.3. The lowest BCUT2D eigenvalue weighted by atomic mass is 9.96. The zero-order valence-corrected chi connectivity index (χ0v) is 9.23. The molecule has 1 aliphatic carbocycles. The van der Waals surface area contributed by atoms with Crippen LogP contribution in [-0.4, -0.2) is 0 Å². The maximum Gasteiger partial charge on any atom is 0.0665 e. The first-order valence-electron chi connectivity index (χ1n) is 4.43. The number of hydrogen-bond donors (Lipinski definition) is 0. The van der Waals surface area contributed by atoms with Crippen molar-refractivity contribution in [3.8, 4) is 6.07 Å². The summed E-state index contributed by atoms with van der Waals surface area (Å²) >= 11 is 11.7. The van der Waals surface area contributed by atoms with Crippen molar-refractivity contribution in [3.63, 3.8) is 0 Å². The third-order valence-electron chi connectivity index (χ3n) is 2.97. The molecule has 0 bridgehead atoms. The molecule has 2 rings (SSSR count). The molecule has 0 heterocycles. The summed E-state index contributed by atoms with van der Waals surface area (Å²) < 4.78 is 0. The van der Waals surface area contributed by atoms with Crippen LogP contribution in [0.2, 0.25) is 10.0 Å². The number of hydrogen-bond acceptors (Lipinski definition) is 1. The van der Waals surface area contributed by atoms with Crippen molar-refractivity contribution in [1.29, 1.82) is 5.26 Å². The SMILES string of the molecule is CC1(c2ccc(Cl)c(Cl)c2)CC1C#N. The van der Waals surface area contributed by atoms with Gasteiger partial charge in [-0.1, -0.05) is 36.2 Å². The molecule has 0 amide bonds. The molecule has 1 saturated carbocycles. The van der Waals surface area contributed by atoms with E-state index in [1.165, 1.54) is 0 Å². The molecule has 1 nitrogen and oxygen atoms in total. The third-order valence-corrected chi connectivity index (χ3v) is 3.71. The second kappa shape index (κ2) is 3.15. The first-order valence-corrected chi connectivity index (χ1v) is 5.18. The lowest BCUT2D eigenvalue weighted by Gasteiger charge is -2.10. The number of rotatable bonds is 1. The maximum absolute atomic E-state index is 8.82. The highest BCUT2D eigenvalue weighted by molar-refractivity contribution is 6.42. The minimum absolute atomic E-state index is 0.0109. The van der Waals surface area contributed by atoms with Crippen molar-refractivity contribution in [2.24, 2.45) is 5.92 Å². The van der Waals surface area contributed by atoms with Gasteiger partial charge in [0.1, 0.15) is 0 Å². The van der Waals surface area contributed by atoms with Crippen molar-refractivity contribution in [1.82, 2.24) is 0 Å². The standard InChI is InChI=1S/C11H9Cl2N/c1-11(5-8(11)6-14)7-2-3-9(12)10(13)4-7/h2-4,8H,5H2,1H3. The predicted molar refractivity (Wildman–Crippen MR) is 57.5 cm³/mol. The molecule has 0 spiro atoms. The topological polar surface area (TPSA) is 23.8 Å². The Morgan fingerprint density at radius 3 is 2.64 bits per heavy atom. The molecule has 2 unspecified atom stereocenters. The van der Waals surface area contributed by atoms with Crippen LogP contribution in [0.25, 0.3) is 0 Å². The fourth-order valence-electron chi connectivity index (χ4n) is 1.72. The molecule has 0 aromatic heterocycles. The fraction of sp³-hybridized carbons (Fsp3) is 0.364. The van der Waals surface area contributed by atoms with Crippen LogP contribution in [0, 0.1) is 17.2 Å². The third kappa shape index (κ3) is 1.39. The van der Waals surface area contributed by atoms with E-state index in [0.29, 0.717) is 10.0 Å². The highest BCUT2D eigenvalue weighted by atomic mass is 35.5. The molecule has 2 atom stereocenters. The molecular formula is C11H9Cl2N. The van der Waals surface area contributed by atoms with Crippen LogP contribution in [0.1, 0.15) is 18.9 Å². The molecule has 72 valence electrons. The largest absolute Gasteiger partial charge is 0.198 e. The lowest BCUT2D eigenvalue weighted by Crippen LogP contribution is -2.03. The molecule has 0 N–H and O–H groups in total. The van der Waals surface area contributed by atoms with Crippen molar-refractivity contribution in [2.45, 2.75) is 18.8 Å². The number of nitrogens with zero attached hydrogens (tertiary/aromatic N) is 1. The summed E-state index contributed by atoms with van der Waals surface area (Å²) in [5.41, 5.74) is 1.10. The summed E-state index contributed by atoms with van der Waals surface area (Å²) in [7, 11) is 0. The lowest BCUT2D eigenvalue weighted by molar-refractivity contribution is 0.742. The fourth-order valence-corrected chi connectivity index (χ4v) is 2.02. The smallest absolute Gasteiger partial charge is 0.0665 e. The second-order valence-corrected chi connectivity index (χ2v) is 4.75. The minimum atomic E-state index is -0.0109. The van der Waals surface area contributed by atoms with Gasteiger partial charge in [-0.05, 0) is 24.1 Å². The van der Waals surface area contributed by atoms with E-state index in [2.05, 4.69) is 13.0 Å². The average Bonchev–Trinajstić information content (AvgIpc) is 2.83. The van der Waals surface area contributed by atoms with Gasteiger partial charge in [-0.25, -0.2) is 0 Å². The van der Waals surface area contributed by atoms with E-state index in [9.17, 15) is 0 Å². The van der Waals surface area contributed by atoms with Gasteiger partial charge >= 0.3 is 0 Å². The molecule has 1 aliphatic rings. The molecule has 0 saturated heterocycles. The Kier molecular flexibility index (Phi) is 2.21. The molecule has 1 aromatic rings. The van der Waals surface area contributed by atoms with Crippen LogP contribution in [0.3, 0.4) is 0 Å². The molecular weight excluding hydrogens is 217 g/mol. The average molecular weight is 226 g/mol. The monoisotopic (exact) mass is 225 g/mol. The van der Waals surface area contributed by atoms with E-state index in [0.717, 1.165) is 12.0 Å². The van der Waals surface area contributed by atoms with Crippen LogP contribution in [0.5, 0.6) is 0 Å². The quantitative estimate of drug-likeness (QED) is 0.714. The molecule has 0 radical (unpaired) electrons. The maximum atomic E-state index is 8.82. The minimum Gasteiger partial charge on any atom is -0.198 e. The molecule has 3 heteroatoms. The number of halogens is 2. The van der Waals surface area contributed by atoms with Crippen molar-refractivity contribution in [2.75, 3.05) is 0 Å². The Morgan fingerprint density at radius 1 is 1.43 bits per heavy atom. The molecule has 1 aromatic carbocycles. The van der Waals surface area contributed by atoms with E-state index in [1.54, 1.807) is 6.07 Å². The molecule has 14 heavy (non-hydrogen) atoms. The van der Waals surface area contributed by atoms with Gasteiger partial charge in [-0.3, -0.25) is 0 Å². The van der Waals surface area contributed by atoms with E-state index >= 15 is 0 Å². The summed E-state index contributed by atoms with van der Waals surface area (Å²) in [6.07, 6.45) is 0.918. The van der Waals surface area contributed by atoms with Crippen LogP contribution >= 0.6 is 23.2 Å². The van der Waals surface area contributed by atoms with Crippen molar-refractivity contribution < 1.29 is 0 Å². The zero-order valence-electron chi connectivity index (χ0n) is 7.72. The van der Waals surface area contributed by atoms with Crippen LogP contribution in [0.15, 0.2) is 18.2 Å². The van der Waals surface area contributed by atoms with Crippen LogP contribution in [-0.2, 0) is 5.41 Å². The number of nitriles is 1. The van der Waals surface area contributed by atoms with Gasteiger partial charge < -0.3 is 0 Å². The summed E-state index contributed by atoms with van der Waals surface area (Å²) in [5, 5.41) is 9.94. The first-order chi connectivity index (χ1) is 6.58. The number of benzene rings is 1. The van der Waals surface area contributed by atoms with Gasteiger partial charge in [0.05, 0.1) is 22.0 Å². The van der Waals surface area contributed by atoms with Gasteiger partial charge in [0.25, 0.3) is 0 Å². The van der Waals surface area contributed by atoms with Crippen molar-refractivity contribution in [3.05, 3.63) is 33.8 Å². The first kappa shape index (κ1) is 9.83. The second-order valence-electron chi connectivity index (χ2n) is 3.93. The summed E-state index contributed by atoms with van der Waals surface area (Å²) in [5.74, 6) is 0.125. The van der Waals surface area contributed by atoms with Gasteiger partial charge in [0.2, 0.25) is 0 Å². The normalized spacial score (nSPS) is 29.7. The van der Waals surface area contributed by atoms with Crippen LogP contribution in [0.4, 0.5) is 0 Å². The van der Waals surface area contributed by atoms with Gasteiger partial charge in [-0.2, -0.15) is 5.26 Å². The summed E-state index contributed by atoms with van der Waals surface area (Å²) in [6.45, 7) is 2.08. The summed E-state index contributed by atoms with van der Waals surface area (Å²) in [6, 6.07) is 7.89. The van der Waals surface area contributed by atoms with Crippen molar-refractivity contribution >= 4 is 23.2 Å². The highest BCUT2D eigenvalue weighted by Gasteiger charge is 2.51. The van der Waals surface area contributed by atoms with E-state index in [1.807, 2.05) is 12.1 Å². The predicted octanol–water partition coefficient (Wildman–Crippen LogP) is 3.79. The molecule has 0 aliphatic heterocycles. The Balaban J connectivity index is 2.36. The van der Waals surface area contributed by atoms with Crippen LogP contribution < -0.4 is 0 Å². The van der Waals surface area contributed by atoms with E-state index in [4.69, 9.17) is 28.5 Å². The molecule has 1 fully saturated rings. The van der Waals surface area contributed by atoms with Gasteiger partial charge in [0, 0.05) is 5.41 Å². The Morgan fingerprint density at radius 2 is 2.14 bits per heavy atom. The highest BCUT2D eigenvalue weighted by Crippen LogP contribution is 2.54. The summed E-state index contributed by atoms with van der Waals surface area (Å²) in [4.78, 5) is 0. The van der Waals surface area contributed by atoms with Gasteiger partial charge in [0.15, 0.2) is 0 Å². The Labute approximate surface area is 93.2 Å². The Bertz CT molecular complexity index is 422. The van der Waals surface area contributed by atoms with E-state index < -0.39 is 0 Å². The van der Waals surface area contributed by atoms with Gasteiger partial charge in [-0.15, -0.1) is 0 Å². The Hall–Kier alpha value is -0.710. The van der Waals surface area contributed by atoms with E-state index in [-0.39, 0.29) is 11.3 Å².